The van der Waals surface area contributed by atoms with Gasteiger partial charge in [-0.3, -0.25) is 10.1 Å². The van der Waals surface area contributed by atoms with Crippen LogP contribution >= 0.6 is 11.6 Å². The third-order valence-corrected chi connectivity index (χ3v) is 3.71. The first-order valence-corrected chi connectivity index (χ1v) is 7.17. The number of nitro groups is 1. The molecule has 0 bridgehead atoms. The number of halogens is 4. The Bertz CT molecular complexity index is 939. The van der Waals surface area contributed by atoms with Crippen molar-refractivity contribution in [1.29, 1.82) is 0 Å². The second kappa shape index (κ2) is 6.17. The molecule has 10 heteroatoms. The Labute approximate surface area is 143 Å². The third-order valence-electron chi connectivity index (χ3n) is 3.38. The molecule has 0 fully saturated rings. The minimum absolute atomic E-state index is 0.110. The minimum Gasteiger partial charge on any atom is -0.258 e. The second-order valence-corrected chi connectivity index (χ2v) is 5.37. The summed E-state index contributed by atoms with van der Waals surface area (Å²) in [7, 11) is 0. The first kappa shape index (κ1) is 16.9. The fraction of sp³-hybridized carbons (Fsp3) is 0.0667. The summed E-state index contributed by atoms with van der Waals surface area (Å²) in [5.74, 6) is 0.241. The van der Waals surface area contributed by atoms with Crippen molar-refractivity contribution in [2.24, 2.45) is 0 Å². The van der Waals surface area contributed by atoms with Crippen LogP contribution in [0.4, 0.5) is 18.9 Å². The predicted molar refractivity (Wildman–Crippen MR) is 83.5 cm³/mol. The van der Waals surface area contributed by atoms with Crippen molar-refractivity contribution in [2.45, 2.75) is 6.18 Å². The zero-order valence-corrected chi connectivity index (χ0v) is 13.0. The molecule has 0 radical (unpaired) electrons. The van der Waals surface area contributed by atoms with Crippen LogP contribution in [-0.2, 0) is 6.18 Å². The standard InChI is InChI=1S/C15H8ClF3N4O2/c16-13-6-5-11(7-12(13)15(17,18)19)22-14(20-8-21-22)9-1-3-10(4-2-9)23(24)25/h1-8H. The van der Waals surface area contributed by atoms with Gasteiger partial charge in [0.15, 0.2) is 5.82 Å². The first-order chi connectivity index (χ1) is 11.8. The van der Waals surface area contributed by atoms with Crippen LogP contribution in [-0.4, -0.2) is 19.7 Å². The molecule has 0 atom stereocenters. The summed E-state index contributed by atoms with van der Waals surface area (Å²) in [4.78, 5) is 14.2. The SMILES string of the molecule is O=[N+]([O-])c1ccc(-c2ncnn2-c2ccc(Cl)c(C(F)(F)F)c2)cc1. The highest BCUT2D eigenvalue weighted by Gasteiger charge is 2.33. The maximum atomic E-state index is 13.0. The van der Waals surface area contributed by atoms with E-state index in [1.54, 1.807) is 0 Å². The van der Waals surface area contributed by atoms with Gasteiger partial charge >= 0.3 is 6.18 Å². The van der Waals surface area contributed by atoms with Crippen molar-refractivity contribution < 1.29 is 18.1 Å². The summed E-state index contributed by atoms with van der Waals surface area (Å²) in [6, 6.07) is 8.81. The lowest BCUT2D eigenvalue weighted by Crippen LogP contribution is -2.08. The Hall–Kier alpha value is -2.94. The highest BCUT2D eigenvalue weighted by Crippen LogP contribution is 2.36. The van der Waals surface area contributed by atoms with Crippen LogP contribution in [0.2, 0.25) is 5.02 Å². The number of benzene rings is 2. The Balaban J connectivity index is 2.07. The van der Waals surface area contributed by atoms with Crippen LogP contribution in [0.15, 0.2) is 48.8 Å². The molecular formula is C15H8ClF3N4O2. The maximum absolute atomic E-state index is 13.0. The van der Waals surface area contributed by atoms with Gasteiger partial charge in [0.25, 0.3) is 5.69 Å². The van der Waals surface area contributed by atoms with E-state index in [4.69, 9.17) is 11.6 Å². The fourth-order valence-electron chi connectivity index (χ4n) is 2.22. The Morgan fingerprint density at radius 3 is 2.40 bits per heavy atom. The van der Waals surface area contributed by atoms with E-state index < -0.39 is 21.7 Å². The van der Waals surface area contributed by atoms with E-state index in [-0.39, 0.29) is 17.2 Å². The smallest absolute Gasteiger partial charge is 0.258 e. The average molecular weight is 369 g/mol. The molecular weight excluding hydrogens is 361 g/mol. The van der Waals surface area contributed by atoms with Crippen LogP contribution in [0.3, 0.4) is 0 Å². The summed E-state index contributed by atoms with van der Waals surface area (Å²) >= 11 is 5.62. The van der Waals surface area contributed by atoms with Gasteiger partial charge in [-0.05, 0) is 30.3 Å². The van der Waals surface area contributed by atoms with Crippen molar-refractivity contribution in [2.75, 3.05) is 0 Å². The van der Waals surface area contributed by atoms with E-state index in [1.165, 1.54) is 41.3 Å². The summed E-state index contributed by atoms with van der Waals surface area (Å²) in [5, 5.41) is 14.2. The van der Waals surface area contributed by atoms with Crippen molar-refractivity contribution in [3.8, 4) is 17.1 Å². The number of hydrogen-bond donors (Lipinski definition) is 0. The lowest BCUT2D eigenvalue weighted by molar-refractivity contribution is -0.384. The summed E-state index contributed by atoms with van der Waals surface area (Å²) in [6.07, 6.45) is -3.43. The van der Waals surface area contributed by atoms with Gasteiger partial charge in [-0.25, -0.2) is 9.67 Å². The Kier molecular flexibility index (Phi) is 4.17. The monoisotopic (exact) mass is 368 g/mol. The number of rotatable bonds is 3. The summed E-state index contributed by atoms with van der Waals surface area (Å²) in [5.41, 5.74) is -0.522. The van der Waals surface area contributed by atoms with Gasteiger partial charge in [0.05, 0.1) is 21.2 Å². The molecule has 3 aromatic rings. The molecule has 6 nitrogen and oxygen atoms in total. The quantitative estimate of drug-likeness (QED) is 0.503. The zero-order valence-electron chi connectivity index (χ0n) is 12.2. The molecule has 0 amide bonds. The molecule has 0 saturated carbocycles. The molecule has 1 aromatic heterocycles. The number of nitro benzene ring substituents is 1. The van der Waals surface area contributed by atoms with Gasteiger partial charge in [0, 0.05) is 17.7 Å². The van der Waals surface area contributed by atoms with Gasteiger partial charge < -0.3 is 0 Å². The van der Waals surface area contributed by atoms with Crippen LogP contribution in [0.25, 0.3) is 17.1 Å². The van der Waals surface area contributed by atoms with Gasteiger partial charge in [0.1, 0.15) is 6.33 Å². The zero-order chi connectivity index (χ0) is 18.2. The average Bonchev–Trinajstić information content (AvgIpc) is 3.04. The van der Waals surface area contributed by atoms with Crippen LogP contribution in [0.5, 0.6) is 0 Å². The van der Waals surface area contributed by atoms with E-state index in [0.717, 1.165) is 12.1 Å². The van der Waals surface area contributed by atoms with Crippen LogP contribution in [0.1, 0.15) is 5.56 Å². The van der Waals surface area contributed by atoms with Gasteiger partial charge in [-0.2, -0.15) is 18.3 Å². The first-order valence-electron chi connectivity index (χ1n) is 6.79. The lowest BCUT2D eigenvalue weighted by Gasteiger charge is -2.12. The van der Waals surface area contributed by atoms with Gasteiger partial charge in [-0.15, -0.1) is 0 Å². The minimum atomic E-state index is -4.61. The van der Waals surface area contributed by atoms with E-state index in [0.29, 0.717) is 5.56 Å². The number of hydrogen-bond acceptors (Lipinski definition) is 4. The molecule has 0 aliphatic carbocycles. The highest BCUT2D eigenvalue weighted by molar-refractivity contribution is 6.31. The molecule has 0 spiro atoms. The number of alkyl halides is 3. The number of nitrogens with zero attached hydrogens (tertiary/aromatic N) is 4. The topological polar surface area (TPSA) is 73.8 Å². The molecule has 25 heavy (non-hydrogen) atoms. The second-order valence-electron chi connectivity index (χ2n) is 4.96. The Morgan fingerprint density at radius 1 is 1.12 bits per heavy atom. The van der Waals surface area contributed by atoms with Crippen molar-refractivity contribution in [3.05, 3.63) is 69.5 Å². The van der Waals surface area contributed by atoms with Crippen LogP contribution in [0, 0.1) is 10.1 Å². The molecule has 0 N–H and O–H groups in total. The molecule has 1 heterocycles. The van der Waals surface area contributed by atoms with E-state index in [2.05, 4.69) is 10.1 Å². The largest absolute Gasteiger partial charge is 0.417 e. The molecule has 2 aromatic carbocycles. The molecule has 0 unspecified atom stereocenters. The van der Waals surface area contributed by atoms with Gasteiger partial charge in [0.2, 0.25) is 0 Å². The summed E-state index contributed by atoms with van der Waals surface area (Å²) in [6.45, 7) is 0. The van der Waals surface area contributed by atoms with E-state index in [1.807, 2.05) is 0 Å². The van der Waals surface area contributed by atoms with Crippen molar-refractivity contribution in [1.82, 2.24) is 14.8 Å². The maximum Gasteiger partial charge on any atom is 0.417 e. The lowest BCUT2D eigenvalue weighted by atomic mass is 10.1. The summed E-state index contributed by atoms with van der Waals surface area (Å²) < 4.78 is 40.3. The Morgan fingerprint density at radius 2 is 1.80 bits per heavy atom. The number of non-ortho nitro benzene ring substituents is 1. The molecule has 3 rings (SSSR count). The third kappa shape index (κ3) is 3.31. The molecule has 0 saturated heterocycles. The highest BCUT2D eigenvalue weighted by atomic mass is 35.5. The van der Waals surface area contributed by atoms with Gasteiger partial charge in [-0.1, -0.05) is 11.6 Å². The fourth-order valence-corrected chi connectivity index (χ4v) is 2.45. The molecule has 0 aliphatic heterocycles. The van der Waals surface area contributed by atoms with E-state index in [9.17, 15) is 23.3 Å². The molecule has 128 valence electrons. The molecule has 0 aliphatic rings. The number of aromatic nitrogens is 3. The normalized spacial score (nSPS) is 11.5. The van der Waals surface area contributed by atoms with E-state index >= 15 is 0 Å². The predicted octanol–water partition coefficient (Wildman–Crippen LogP) is 4.51. The van der Waals surface area contributed by atoms with Crippen molar-refractivity contribution >= 4 is 17.3 Å². The van der Waals surface area contributed by atoms with Crippen LogP contribution < -0.4 is 0 Å². The van der Waals surface area contributed by atoms with Crippen molar-refractivity contribution in [3.63, 3.8) is 0 Å².